The number of nitrogens with two attached hydrogens (primary N) is 1. The number of aliphatic carboxylic acids is 2. The Morgan fingerprint density at radius 3 is 1.86 bits per heavy atom. The van der Waals surface area contributed by atoms with Crippen LogP contribution in [0.4, 0.5) is 0 Å². The van der Waals surface area contributed by atoms with E-state index < -0.39 is 151 Å². The van der Waals surface area contributed by atoms with Gasteiger partial charge in [-0.05, 0) is 67.7 Å². The Hall–Kier alpha value is -7.18. The summed E-state index contributed by atoms with van der Waals surface area (Å²) in [5.74, 6) is -11.1. The fourth-order valence-corrected chi connectivity index (χ4v) is 7.69. The lowest BCUT2D eigenvalue weighted by molar-refractivity contribution is -0.145. The number of nitrogens with one attached hydrogen (secondary N) is 7. The molecule has 14 N–H and O–H groups in total. The number of carbonyl (C=O) groups excluding carboxylic acids is 8. The third-order valence-corrected chi connectivity index (χ3v) is 12.1. The predicted molar refractivity (Wildman–Crippen MR) is 257 cm³/mol. The van der Waals surface area contributed by atoms with Gasteiger partial charge in [0.05, 0.1) is 25.3 Å². The number of phenolic OH excluding ortho intramolecular Hbond substituents is 1. The van der Waals surface area contributed by atoms with E-state index in [0.717, 1.165) is 5.56 Å². The molecule has 1 aliphatic rings. The number of likely N-dealkylation sites (tertiary alicyclic amines) is 1. The van der Waals surface area contributed by atoms with Gasteiger partial charge in [0.25, 0.3) is 0 Å². The largest absolute Gasteiger partial charge is 0.508 e. The maximum Gasteiger partial charge on any atom is 0.326 e. The molecule has 0 spiro atoms. The Balaban J connectivity index is 1.81. The van der Waals surface area contributed by atoms with Crippen LogP contribution in [0.15, 0.2) is 54.6 Å². The third-order valence-electron chi connectivity index (χ3n) is 12.1. The number of aliphatic hydroxyl groups is 2. The monoisotopic (exact) mass is 1010 g/mol. The van der Waals surface area contributed by atoms with Gasteiger partial charge in [-0.1, -0.05) is 76.6 Å². The van der Waals surface area contributed by atoms with E-state index in [0.29, 0.717) is 18.4 Å². The Kier molecular flexibility index (Phi) is 23.5. The van der Waals surface area contributed by atoms with Crippen molar-refractivity contribution in [2.75, 3.05) is 19.7 Å². The summed E-state index contributed by atoms with van der Waals surface area (Å²) in [6, 6.07) is 3.19. The van der Waals surface area contributed by atoms with Gasteiger partial charge in [-0.2, -0.15) is 0 Å². The molecule has 8 amide bonds. The molecule has 24 heteroatoms. The summed E-state index contributed by atoms with van der Waals surface area (Å²) in [7, 11) is 0. The number of amides is 8. The summed E-state index contributed by atoms with van der Waals surface area (Å²) < 4.78 is 0. The molecule has 396 valence electrons. The highest BCUT2D eigenvalue weighted by Gasteiger charge is 2.42. The van der Waals surface area contributed by atoms with Crippen LogP contribution in [-0.4, -0.2) is 164 Å². The maximum atomic E-state index is 14.4. The maximum absolute atomic E-state index is 14.4. The van der Waals surface area contributed by atoms with E-state index in [1.165, 1.54) is 36.1 Å². The highest BCUT2D eigenvalue weighted by atomic mass is 16.4. The molecule has 1 saturated heterocycles. The topological polar surface area (TPSA) is 385 Å². The molecule has 0 aliphatic carbocycles. The lowest BCUT2D eigenvalue weighted by Gasteiger charge is -2.33. The van der Waals surface area contributed by atoms with Crippen LogP contribution < -0.4 is 43.0 Å². The lowest BCUT2D eigenvalue weighted by Crippen LogP contribution is -2.62. The fraction of sp³-hybridized carbons (Fsp3) is 0.542. The van der Waals surface area contributed by atoms with Gasteiger partial charge in [0.15, 0.2) is 0 Å². The minimum atomic E-state index is -1.62. The quantitative estimate of drug-likeness (QED) is 0.0421. The molecule has 0 aromatic heterocycles. The summed E-state index contributed by atoms with van der Waals surface area (Å²) in [5.41, 5.74) is 7.15. The van der Waals surface area contributed by atoms with Crippen LogP contribution in [0, 0.1) is 11.8 Å². The summed E-state index contributed by atoms with van der Waals surface area (Å²) >= 11 is 0. The molecule has 1 aliphatic heterocycles. The SMILES string of the molecule is CC[C@H](C)[C@H](NC(=O)[C@H](Cc1ccc(O)cc1)NC(=O)[C@H](CCC(=O)O)NC(=O)CNC(=O)[C@H](CO)NC(=O)[C@@H](N)Cc1ccccc1)C(=O)N1CCC[C@H]1C(=O)N[C@H](C(=O)N[C@H](C(=O)O)C(C)C)[C@@H](C)O. The average molecular weight is 1010 g/mol. The van der Waals surface area contributed by atoms with E-state index in [2.05, 4.69) is 37.2 Å². The van der Waals surface area contributed by atoms with Crippen LogP contribution in [0.25, 0.3) is 0 Å². The van der Waals surface area contributed by atoms with Crippen molar-refractivity contribution in [1.29, 1.82) is 0 Å². The van der Waals surface area contributed by atoms with Crippen LogP contribution >= 0.6 is 0 Å². The molecule has 0 saturated carbocycles. The molecule has 1 fully saturated rings. The highest BCUT2D eigenvalue weighted by Crippen LogP contribution is 2.23. The molecule has 3 rings (SSSR count). The number of hydrogen-bond donors (Lipinski definition) is 13. The Morgan fingerprint density at radius 2 is 1.29 bits per heavy atom. The van der Waals surface area contributed by atoms with Crippen LogP contribution in [0.3, 0.4) is 0 Å². The molecule has 72 heavy (non-hydrogen) atoms. The second-order valence-corrected chi connectivity index (χ2v) is 18.1. The van der Waals surface area contributed by atoms with E-state index in [9.17, 15) is 73.5 Å². The van der Waals surface area contributed by atoms with Gasteiger partial charge in [-0.15, -0.1) is 0 Å². The van der Waals surface area contributed by atoms with E-state index in [-0.39, 0.29) is 31.6 Å². The fourth-order valence-electron chi connectivity index (χ4n) is 7.69. The van der Waals surface area contributed by atoms with Gasteiger partial charge in [0, 0.05) is 19.4 Å². The van der Waals surface area contributed by atoms with Gasteiger partial charge >= 0.3 is 11.9 Å². The molecule has 24 nitrogen and oxygen atoms in total. The molecule has 2 aromatic carbocycles. The Labute approximate surface area is 416 Å². The second-order valence-electron chi connectivity index (χ2n) is 18.1. The van der Waals surface area contributed by atoms with Crippen LogP contribution in [-0.2, 0) is 60.8 Å². The minimum absolute atomic E-state index is 0.0526. The van der Waals surface area contributed by atoms with Crippen molar-refractivity contribution < 1.29 is 73.5 Å². The summed E-state index contributed by atoms with van der Waals surface area (Å²) in [6.07, 6.45) is -1.95. The Bertz CT molecular complexity index is 2210. The van der Waals surface area contributed by atoms with Crippen LogP contribution in [0.5, 0.6) is 5.75 Å². The van der Waals surface area contributed by atoms with Crippen molar-refractivity contribution in [3.05, 3.63) is 65.7 Å². The van der Waals surface area contributed by atoms with Gasteiger partial charge in [-0.3, -0.25) is 43.2 Å². The zero-order valence-corrected chi connectivity index (χ0v) is 41.0. The smallest absolute Gasteiger partial charge is 0.326 e. The van der Waals surface area contributed by atoms with E-state index >= 15 is 0 Å². The van der Waals surface area contributed by atoms with Crippen LogP contribution in [0.2, 0.25) is 0 Å². The number of carboxylic acids is 2. The van der Waals surface area contributed by atoms with Crippen molar-refractivity contribution in [2.24, 2.45) is 17.6 Å². The van der Waals surface area contributed by atoms with E-state index in [1.807, 2.05) is 0 Å². The first kappa shape index (κ1) is 59.1. The number of hydrogen-bond acceptors (Lipinski definition) is 14. The van der Waals surface area contributed by atoms with Crippen molar-refractivity contribution in [3.63, 3.8) is 0 Å². The molecule has 2 aromatic rings. The van der Waals surface area contributed by atoms with Crippen molar-refractivity contribution in [2.45, 2.75) is 134 Å². The number of aliphatic hydroxyl groups excluding tert-OH is 2. The zero-order chi connectivity index (χ0) is 53.8. The number of carboxylic acid groups (broad SMARTS) is 2. The number of benzene rings is 2. The molecule has 0 unspecified atom stereocenters. The first-order valence-electron chi connectivity index (χ1n) is 23.7. The first-order valence-corrected chi connectivity index (χ1v) is 23.7. The molecule has 10 atom stereocenters. The van der Waals surface area contributed by atoms with Crippen molar-refractivity contribution >= 4 is 59.2 Å². The van der Waals surface area contributed by atoms with Crippen molar-refractivity contribution in [3.8, 4) is 5.75 Å². The number of nitrogens with zero attached hydrogens (tertiary/aromatic N) is 1. The minimum Gasteiger partial charge on any atom is -0.508 e. The van der Waals surface area contributed by atoms with E-state index in [1.54, 1.807) is 58.0 Å². The number of carbonyl (C=O) groups is 10. The van der Waals surface area contributed by atoms with Gasteiger partial charge in [0.1, 0.15) is 48.0 Å². The summed E-state index contributed by atoms with van der Waals surface area (Å²) in [6.45, 7) is 6.13. The highest BCUT2D eigenvalue weighted by molar-refractivity contribution is 5.98. The standard InChI is InChI=1S/C48H69N9O15/c1-6-26(4)39(47(70)57-20-10-13-35(57)45(68)56-40(27(5)59)46(69)54-38(25(2)3)48(71)72)55-44(67)33(22-29-14-16-30(60)17-15-29)52-43(66)32(18-19-37(62)63)51-36(61)23-50-42(65)34(24-58)53-41(64)31(49)21-28-11-8-7-9-12-28/h7-9,11-12,14-17,25-27,31-35,38-40,58-60H,6,10,13,18-24,49H2,1-5H3,(H,50,65)(H,51,61)(H,52,66)(H,53,64)(H,54,69)(H,55,67)(H,56,68)(H,62,63)(H,71,72)/t26-,27+,31-,32-,33-,34-,35-,38-,39-,40-/m0/s1. The third kappa shape index (κ3) is 18.2. The van der Waals surface area contributed by atoms with Crippen LogP contribution in [0.1, 0.15) is 77.8 Å². The number of phenols is 1. The normalized spacial score (nSPS) is 17.0. The van der Waals surface area contributed by atoms with Gasteiger partial charge < -0.3 is 73.4 Å². The van der Waals surface area contributed by atoms with Crippen molar-refractivity contribution in [1.82, 2.24) is 42.1 Å². The first-order chi connectivity index (χ1) is 34.0. The number of rotatable bonds is 28. The molecule has 1 heterocycles. The second kappa shape index (κ2) is 28.6. The van der Waals surface area contributed by atoms with Gasteiger partial charge in [0.2, 0.25) is 47.3 Å². The lowest BCUT2D eigenvalue weighted by atomic mass is 9.96. The van der Waals surface area contributed by atoms with E-state index in [4.69, 9.17) is 5.73 Å². The predicted octanol–water partition coefficient (Wildman–Crippen LogP) is -2.45. The average Bonchev–Trinajstić information content (AvgIpc) is 3.84. The zero-order valence-electron chi connectivity index (χ0n) is 41.0. The van der Waals surface area contributed by atoms with Gasteiger partial charge in [-0.25, -0.2) is 4.79 Å². The summed E-state index contributed by atoms with van der Waals surface area (Å²) in [4.78, 5) is 133. The Morgan fingerprint density at radius 1 is 0.694 bits per heavy atom. The molecular formula is C48H69N9O15. The number of aromatic hydroxyl groups is 1. The summed E-state index contributed by atoms with van der Waals surface area (Å²) in [5, 5.41) is 66.2. The molecule has 0 bridgehead atoms. The molecule has 0 radical (unpaired) electrons. The molecular weight excluding hydrogens is 943 g/mol.